The van der Waals surface area contributed by atoms with Crippen molar-refractivity contribution < 1.29 is 4.52 Å². The van der Waals surface area contributed by atoms with Gasteiger partial charge < -0.3 is 0 Å². The molecule has 0 aliphatic rings. The number of allylic oxidation sites excluding steroid dienone is 2. The van der Waals surface area contributed by atoms with Crippen LogP contribution in [-0.4, -0.2) is 6.61 Å². The molecule has 0 heterocycles. The van der Waals surface area contributed by atoms with Crippen molar-refractivity contribution in [3.05, 3.63) is 103 Å². The standard InChI is InChI=1S/C36H50IOP/c1-3-5-7-9-10-11-12-13-17-23-33-28-30-36(31-29-33)39(37,34-24-18-15-19-25-34,35-26-20-16-21-27-35)38-32-22-14-8-6-4-2/h11-12,15-16,18-21,24-31H,3-10,13-14,17,22-23,32H2,1-2H3/b12-11+. The molecule has 0 radical (unpaired) electrons. The SMILES string of the molecule is CCCCCC/C=C/CCCc1ccc(P(I)(OCCCCCCC)(c2ccccc2)c2ccccc2)cc1. The minimum absolute atomic E-state index is 0.779. The molecule has 0 N–H and O–H groups in total. The normalized spacial score (nSPS) is 12.9. The predicted molar refractivity (Wildman–Crippen MR) is 185 cm³/mol. The zero-order chi connectivity index (χ0) is 27.7. The van der Waals surface area contributed by atoms with Crippen LogP contribution in [0.3, 0.4) is 0 Å². The number of unbranched alkanes of at least 4 members (excludes halogenated alkanes) is 9. The molecule has 0 amide bonds. The molecule has 3 heteroatoms. The number of halogens is 1. The number of hydrogen-bond acceptors (Lipinski definition) is 1. The van der Waals surface area contributed by atoms with E-state index in [9.17, 15) is 0 Å². The van der Waals surface area contributed by atoms with Crippen molar-refractivity contribution in [1.82, 2.24) is 0 Å². The Kier molecular flexibility index (Phi) is 14.3. The molecule has 0 saturated carbocycles. The van der Waals surface area contributed by atoms with E-state index < -0.39 is 4.47 Å². The van der Waals surface area contributed by atoms with Crippen LogP contribution < -0.4 is 15.9 Å². The van der Waals surface area contributed by atoms with Gasteiger partial charge in [0.1, 0.15) is 0 Å². The molecule has 3 aromatic rings. The zero-order valence-electron chi connectivity index (χ0n) is 24.4. The summed E-state index contributed by atoms with van der Waals surface area (Å²) in [7, 11) is 0. The van der Waals surface area contributed by atoms with Gasteiger partial charge in [0.05, 0.1) is 0 Å². The number of aryl methyl sites for hydroxylation is 1. The fourth-order valence-corrected chi connectivity index (χ4v) is 12.7. The Morgan fingerprint density at radius 3 is 1.62 bits per heavy atom. The van der Waals surface area contributed by atoms with Gasteiger partial charge in [0.2, 0.25) is 0 Å². The summed E-state index contributed by atoms with van der Waals surface area (Å²) in [5.41, 5.74) is 1.41. The second kappa shape index (κ2) is 17.4. The summed E-state index contributed by atoms with van der Waals surface area (Å²) in [6.45, 7) is 5.33. The van der Waals surface area contributed by atoms with E-state index in [4.69, 9.17) is 4.52 Å². The second-order valence-electron chi connectivity index (χ2n) is 10.7. The topological polar surface area (TPSA) is 9.23 Å². The van der Waals surface area contributed by atoms with Gasteiger partial charge in [-0.15, -0.1) is 0 Å². The first-order valence-electron chi connectivity index (χ1n) is 15.4. The monoisotopic (exact) mass is 656 g/mol. The van der Waals surface area contributed by atoms with E-state index in [1.165, 1.54) is 85.7 Å². The molecular weight excluding hydrogens is 606 g/mol. The summed E-state index contributed by atoms with van der Waals surface area (Å²) in [6, 6.07) is 31.4. The molecule has 0 saturated heterocycles. The molecule has 0 fully saturated rings. The van der Waals surface area contributed by atoms with Crippen molar-refractivity contribution in [2.24, 2.45) is 0 Å². The third kappa shape index (κ3) is 9.00. The fourth-order valence-electron chi connectivity index (χ4n) is 5.28. The van der Waals surface area contributed by atoms with Crippen LogP contribution in [0.25, 0.3) is 0 Å². The van der Waals surface area contributed by atoms with Gasteiger partial charge >= 0.3 is 234 Å². The molecule has 0 atom stereocenters. The number of hydrogen-bond donors (Lipinski definition) is 0. The van der Waals surface area contributed by atoms with Crippen LogP contribution >= 0.6 is 26.5 Å². The summed E-state index contributed by atoms with van der Waals surface area (Å²) >= 11 is 2.74. The van der Waals surface area contributed by atoms with Crippen molar-refractivity contribution in [3.8, 4) is 0 Å². The van der Waals surface area contributed by atoms with Gasteiger partial charge in [-0.1, -0.05) is 19.8 Å². The van der Waals surface area contributed by atoms with Crippen molar-refractivity contribution >= 4 is 42.4 Å². The summed E-state index contributed by atoms with van der Waals surface area (Å²) in [6.07, 6.45) is 21.0. The van der Waals surface area contributed by atoms with Crippen molar-refractivity contribution in [2.75, 3.05) is 6.61 Å². The van der Waals surface area contributed by atoms with Gasteiger partial charge in [-0.05, 0) is 0 Å². The van der Waals surface area contributed by atoms with E-state index in [1.54, 1.807) is 0 Å². The van der Waals surface area contributed by atoms with E-state index >= 15 is 0 Å². The minimum atomic E-state index is -3.14. The van der Waals surface area contributed by atoms with Gasteiger partial charge in [-0.2, -0.15) is 0 Å². The molecule has 0 spiro atoms. The van der Waals surface area contributed by atoms with E-state index in [1.807, 2.05) is 0 Å². The summed E-state index contributed by atoms with van der Waals surface area (Å²) in [5.74, 6) is 0. The number of rotatable bonds is 19. The Bertz CT molecular complexity index is 1040. The van der Waals surface area contributed by atoms with Crippen LogP contribution in [0.15, 0.2) is 97.1 Å². The van der Waals surface area contributed by atoms with Crippen LogP contribution in [0.2, 0.25) is 0 Å². The van der Waals surface area contributed by atoms with Crippen molar-refractivity contribution in [2.45, 2.75) is 97.3 Å². The van der Waals surface area contributed by atoms with Crippen LogP contribution in [0, 0.1) is 0 Å². The van der Waals surface area contributed by atoms with E-state index in [-0.39, 0.29) is 0 Å². The summed E-state index contributed by atoms with van der Waals surface area (Å²) in [4.78, 5) is 0. The van der Waals surface area contributed by atoms with Gasteiger partial charge in [0.25, 0.3) is 0 Å². The molecule has 212 valence electrons. The van der Waals surface area contributed by atoms with Crippen LogP contribution in [0.4, 0.5) is 0 Å². The molecule has 3 aromatic carbocycles. The molecule has 1 nitrogen and oxygen atoms in total. The second-order valence-corrected chi connectivity index (χ2v) is 19.9. The molecule has 0 aromatic heterocycles. The molecule has 0 bridgehead atoms. The third-order valence-electron chi connectivity index (χ3n) is 7.64. The van der Waals surface area contributed by atoms with Crippen LogP contribution in [0.5, 0.6) is 0 Å². The average molecular weight is 657 g/mol. The third-order valence-corrected chi connectivity index (χ3v) is 17.8. The van der Waals surface area contributed by atoms with Gasteiger partial charge in [0, 0.05) is 0 Å². The van der Waals surface area contributed by atoms with E-state index in [2.05, 4.69) is 133 Å². The Morgan fingerprint density at radius 2 is 1.05 bits per heavy atom. The Hall–Kier alpha value is -1.48. The van der Waals surface area contributed by atoms with E-state index in [0.29, 0.717) is 0 Å². The predicted octanol–water partition coefficient (Wildman–Crippen LogP) is 10.6. The first-order valence-corrected chi connectivity index (χ1v) is 20.3. The molecule has 0 unspecified atom stereocenters. The quantitative estimate of drug-likeness (QED) is 0.0540. The van der Waals surface area contributed by atoms with E-state index in [0.717, 1.165) is 25.9 Å². The first-order chi connectivity index (χ1) is 19.1. The van der Waals surface area contributed by atoms with Crippen molar-refractivity contribution in [1.29, 1.82) is 0 Å². The number of benzene rings is 3. The fraction of sp³-hybridized carbons (Fsp3) is 0.444. The summed E-state index contributed by atoms with van der Waals surface area (Å²) < 4.78 is 4.13. The van der Waals surface area contributed by atoms with Crippen molar-refractivity contribution in [3.63, 3.8) is 0 Å². The molecule has 3 rings (SSSR count). The Labute approximate surface area is 252 Å². The van der Waals surface area contributed by atoms with Gasteiger partial charge in [-0.25, -0.2) is 0 Å². The molecule has 0 aliphatic heterocycles. The molecule has 39 heavy (non-hydrogen) atoms. The summed E-state index contributed by atoms with van der Waals surface area (Å²) in [5, 5.41) is 3.89. The van der Waals surface area contributed by atoms with Gasteiger partial charge in [-0.3, -0.25) is 0 Å². The molecule has 0 aliphatic carbocycles. The Balaban J connectivity index is 1.80. The zero-order valence-corrected chi connectivity index (χ0v) is 27.4. The first kappa shape index (κ1) is 32.0. The molecular formula is C36H50IOP. The van der Waals surface area contributed by atoms with Crippen LogP contribution in [-0.2, 0) is 10.9 Å². The maximum absolute atomic E-state index is 7.26. The Morgan fingerprint density at radius 1 is 0.564 bits per heavy atom. The maximum atomic E-state index is 7.26. The van der Waals surface area contributed by atoms with Crippen LogP contribution in [0.1, 0.15) is 96.5 Å². The van der Waals surface area contributed by atoms with Gasteiger partial charge in [0.15, 0.2) is 0 Å². The average Bonchev–Trinajstić information content (AvgIpc) is 2.99.